The highest BCUT2D eigenvalue weighted by atomic mass is 127. The fourth-order valence-electron chi connectivity index (χ4n) is 9.14. The number of carbonyl (C=O) groups is 6. The Morgan fingerprint density at radius 1 is 0.385 bits per heavy atom. The number of nitrogens with two attached hydrogens (primary N) is 1. The number of carboxylic acid groups (broad SMARTS) is 3. The van der Waals surface area contributed by atoms with E-state index in [1.807, 2.05) is 147 Å². The second-order valence-electron chi connectivity index (χ2n) is 22.0. The predicted octanol–water partition coefficient (Wildman–Crippen LogP) is 15.3. The number of anilines is 1. The highest BCUT2D eigenvalue weighted by molar-refractivity contribution is 14.1. The number of esters is 3. The van der Waals surface area contributed by atoms with Crippen molar-refractivity contribution in [1.29, 1.82) is 0 Å². The summed E-state index contributed by atoms with van der Waals surface area (Å²) in [5.41, 5.74) is 18.2. The Kier molecular flexibility index (Phi) is 28.5. The van der Waals surface area contributed by atoms with Crippen molar-refractivity contribution >= 4 is 86.8 Å². The van der Waals surface area contributed by atoms with Crippen molar-refractivity contribution < 1.29 is 78.0 Å². The lowest BCUT2D eigenvalue weighted by Gasteiger charge is -2.09. The Hall–Kier alpha value is -13.8. The number of halogens is 1. The van der Waals surface area contributed by atoms with Gasteiger partial charge in [-0.2, -0.15) is 0 Å². The maximum Gasteiger partial charge on any atom is 0.338 e. The fraction of sp³-hybridized carbons (Fsp3) is 0.0946. The normalized spacial score (nSPS) is 10.0. The molecule has 0 spiro atoms. The number of nitro benzene ring substituents is 4. The molecule has 0 aliphatic heterocycles. The Morgan fingerprint density at radius 2 is 0.712 bits per heavy atom. The fourth-order valence-corrected chi connectivity index (χ4v) is 9.80. The highest BCUT2D eigenvalue weighted by Gasteiger charge is 2.19. The summed E-state index contributed by atoms with van der Waals surface area (Å²) in [4.78, 5) is 107. The van der Waals surface area contributed by atoms with Gasteiger partial charge in [0.25, 0.3) is 22.7 Å². The van der Waals surface area contributed by atoms with Crippen LogP contribution in [0.3, 0.4) is 0 Å². The number of carboxylic acids is 3. The smallest absolute Gasteiger partial charge is 0.338 e. The van der Waals surface area contributed by atoms with Crippen LogP contribution in [0.25, 0.3) is 50.2 Å². The minimum Gasteiger partial charge on any atom is -0.478 e. The first-order valence-electron chi connectivity index (χ1n) is 30.2. The van der Waals surface area contributed by atoms with Crippen LogP contribution in [0.5, 0.6) is 0 Å². The van der Waals surface area contributed by atoms with Crippen LogP contribution in [0.15, 0.2) is 219 Å². The summed E-state index contributed by atoms with van der Waals surface area (Å²) in [6.07, 6.45) is 1.48. The van der Waals surface area contributed by atoms with Gasteiger partial charge >= 0.3 is 35.8 Å². The SMILES string of the molecule is COC(=O)c1cc(-c2ccc(C)cc2)cc(-n2cnnn2)c1.COC(=O)c1cc(-c2ccc(C)cc2)cc([N+](=O)[O-])c1.COC(=O)c1cc(N)cc(-c2ccc(C)cc2)c1.Cc1ccc(-c2cc(C(=O)O)cc([N+](=O)[O-])c2)cc1.O=C(O)c1cc(I)cc([N+](=O)[O-])c1.O=C(O)c1cccc([N+](=O)[O-])c1. The molecule has 5 N–H and O–H groups in total. The molecule has 11 aromatic rings. The van der Waals surface area contributed by atoms with Crippen molar-refractivity contribution in [2.24, 2.45) is 0 Å². The van der Waals surface area contributed by atoms with E-state index >= 15 is 0 Å². The van der Waals surface area contributed by atoms with Gasteiger partial charge in [-0.1, -0.05) is 125 Å². The Balaban J connectivity index is 0.000000198. The van der Waals surface area contributed by atoms with Gasteiger partial charge in [-0.25, -0.2) is 33.4 Å². The Bertz CT molecular complexity index is 4890. The molecule has 0 atom stereocenters. The van der Waals surface area contributed by atoms with Crippen LogP contribution in [-0.4, -0.2) is 112 Å². The van der Waals surface area contributed by atoms with Crippen LogP contribution in [0.4, 0.5) is 28.4 Å². The Morgan fingerprint density at radius 3 is 1.08 bits per heavy atom. The van der Waals surface area contributed by atoms with Crippen molar-refractivity contribution in [2.75, 3.05) is 27.1 Å². The topological polar surface area (TPSA) is 433 Å². The van der Waals surface area contributed by atoms with Crippen LogP contribution in [0.1, 0.15) is 84.4 Å². The molecule has 530 valence electrons. The summed E-state index contributed by atoms with van der Waals surface area (Å²) < 4.78 is 16.2. The lowest BCUT2D eigenvalue weighted by molar-refractivity contribution is -0.385. The number of rotatable bonds is 15. The molecule has 0 unspecified atom stereocenters. The molecule has 0 saturated heterocycles. The number of aromatic carboxylic acids is 3. The van der Waals surface area contributed by atoms with E-state index in [0.717, 1.165) is 62.7 Å². The van der Waals surface area contributed by atoms with E-state index in [1.165, 1.54) is 98.1 Å². The van der Waals surface area contributed by atoms with Crippen LogP contribution >= 0.6 is 22.6 Å². The van der Waals surface area contributed by atoms with Gasteiger partial charge in [-0.15, -0.1) is 5.10 Å². The molecule has 30 heteroatoms. The number of non-ortho nitro benzene ring substituents is 4. The third-order valence-electron chi connectivity index (χ3n) is 14.4. The van der Waals surface area contributed by atoms with E-state index in [2.05, 4.69) is 20.3 Å². The molecule has 11 rings (SSSR count). The van der Waals surface area contributed by atoms with Gasteiger partial charge in [0.15, 0.2) is 0 Å². The number of tetrazole rings is 1. The number of hydrogen-bond acceptors (Lipinski definition) is 21. The van der Waals surface area contributed by atoms with Gasteiger partial charge in [0.1, 0.15) is 6.33 Å². The molecule has 29 nitrogen and oxygen atoms in total. The van der Waals surface area contributed by atoms with Crippen LogP contribution in [-0.2, 0) is 14.2 Å². The molecule has 0 aliphatic carbocycles. The third kappa shape index (κ3) is 23.4. The van der Waals surface area contributed by atoms with E-state index in [1.54, 1.807) is 42.5 Å². The molecule has 1 aromatic heterocycles. The number of carbonyl (C=O) groups excluding carboxylic acids is 3. The number of methoxy groups -OCH3 is 3. The number of nitrogen functional groups attached to an aromatic ring is 1. The van der Waals surface area contributed by atoms with E-state index in [-0.39, 0.29) is 51.0 Å². The van der Waals surface area contributed by atoms with Crippen LogP contribution < -0.4 is 5.73 Å². The number of nitro groups is 4. The Labute approximate surface area is 605 Å². The molecule has 0 saturated carbocycles. The molecule has 0 bridgehead atoms. The monoisotopic (exact) mass is 1520 g/mol. The molecule has 1 heterocycles. The van der Waals surface area contributed by atoms with Crippen molar-refractivity contribution in [3.05, 3.63) is 318 Å². The molecule has 0 radical (unpaired) electrons. The molecule has 0 amide bonds. The van der Waals surface area contributed by atoms with Gasteiger partial charge < -0.3 is 35.3 Å². The first-order chi connectivity index (χ1) is 49.4. The number of nitrogens with zero attached hydrogens (tertiary/aromatic N) is 8. The maximum absolute atomic E-state index is 11.9. The quantitative estimate of drug-likeness (QED) is 0.0185. The van der Waals surface area contributed by atoms with Crippen molar-refractivity contribution in [3.8, 4) is 50.2 Å². The zero-order valence-electron chi connectivity index (χ0n) is 56.1. The lowest BCUT2D eigenvalue weighted by Crippen LogP contribution is -2.04. The lowest BCUT2D eigenvalue weighted by atomic mass is 10.0. The van der Waals surface area contributed by atoms with E-state index in [0.29, 0.717) is 37.2 Å². The maximum atomic E-state index is 11.9. The van der Waals surface area contributed by atoms with Gasteiger partial charge in [0.2, 0.25) is 0 Å². The molecule has 0 fully saturated rings. The zero-order valence-corrected chi connectivity index (χ0v) is 58.3. The van der Waals surface area contributed by atoms with Crippen molar-refractivity contribution in [1.82, 2.24) is 20.2 Å². The summed E-state index contributed by atoms with van der Waals surface area (Å²) in [6, 6.07) is 58.4. The molecular formula is C74H62IN9O20. The number of hydrogen-bond donors (Lipinski definition) is 4. The summed E-state index contributed by atoms with van der Waals surface area (Å²) in [5, 5.41) is 79.5. The first kappa shape index (κ1) is 79.2. The predicted molar refractivity (Wildman–Crippen MR) is 391 cm³/mol. The summed E-state index contributed by atoms with van der Waals surface area (Å²) in [6.45, 7) is 7.95. The van der Waals surface area contributed by atoms with E-state index in [4.69, 9.17) is 30.5 Å². The molecule has 10 aromatic carbocycles. The number of benzene rings is 10. The molecule has 104 heavy (non-hydrogen) atoms. The minimum atomic E-state index is -1.18. The second-order valence-corrected chi connectivity index (χ2v) is 23.3. The average molecular weight is 1520 g/mol. The van der Waals surface area contributed by atoms with Crippen LogP contribution in [0, 0.1) is 71.7 Å². The van der Waals surface area contributed by atoms with Gasteiger partial charge in [0, 0.05) is 57.8 Å². The third-order valence-corrected chi connectivity index (χ3v) is 15.1. The summed E-state index contributed by atoms with van der Waals surface area (Å²) in [7, 11) is 3.96. The van der Waals surface area contributed by atoms with Crippen LogP contribution in [0.2, 0.25) is 0 Å². The summed E-state index contributed by atoms with van der Waals surface area (Å²) >= 11 is 1.83. The van der Waals surface area contributed by atoms with Crippen molar-refractivity contribution in [2.45, 2.75) is 27.7 Å². The molecular weight excluding hydrogens is 1460 g/mol. The van der Waals surface area contributed by atoms with E-state index < -0.39 is 49.5 Å². The number of ether oxygens (including phenoxy) is 3. The highest BCUT2D eigenvalue weighted by Crippen LogP contribution is 2.31. The molecule has 0 aliphatic rings. The standard InChI is InChI=1S/C16H14N4O2.C15H13NO4.C15H15NO2.C14H11NO4.C7H4INO4.C7H5NO4/c1-11-3-5-12(6-4-11)13-7-14(16(21)22-2)9-15(8-13)20-10-17-18-19-20;1-10-3-5-11(6-4-10)12-7-13(15(17)20-2)9-14(8-12)16(18)19;1-10-3-5-11(6-4-10)12-7-13(15(17)18-2)9-14(16)8-12;1-9-2-4-10(5-3-9)11-6-12(14(16)17)8-13(7-11)15(18)19;8-5-1-4(7(10)11)2-6(3-5)9(12)13;9-7(10)5-2-1-3-6(4-5)8(11)12/h3-10H,1-2H3;3-9H,1-2H3;3-9H,16H2,1-2H3;2-8H,1H3,(H,16,17);1-3H,(H,10,11);1-4H,(H,9,10). The van der Waals surface area contributed by atoms with Crippen molar-refractivity contribution in [3.63, 3.8) is 0 Å². The van der Waals surface area contributed by atoms with E-state index in [9.17, 15) is 69.2 Å². The zero-order chi connectivity index (χ0) is 76.5. The number of aromatic nitrogens is 4. The second kappa shape index (κ2) is 37.4. The van der Waals surface area contributed by atoms with Gasteiger partial charge in [0.05, 0.1) is 80.1 Å². The number of aryl methyl sites for hydroxylation is 4. The first-order valence-corrected chi connectivity index (χ1v) is 31.3. The summed E-state index contributed by atoms with van der Waals surface area (Å²) in [5.74, 6) is -4.89. The van der Waals surface area contributed by atoms with Gasteiger partial charge in [-0.05, 0) is 166 Å². The van der Waals surface area contributed by atoms with Gasteiger partial charge in [-0.3, -0.25) is 40.5 Å². The average Bonchev–Trinajstić information content (AvgIpc) is 1.48. The largest absolute Gasteiger partial charge is 0.478 e. The minimum absolute atomic E-state index is 0.0707.